The number of benzene rings is 3. The quantitative estimate of drug-likeness (QED) is 0.316. The van der Waals surface area contributed by atoms with Crippen molar-refractivity contribution in [1.82, 2.24) is 14.9 Å². The van der Waals surface area contributed by atoms with E-state index < -0.39 is 0 Å². The van der Waals surface area contributed by atoms with Crippen molar-refractivity contribution in [3.63, 3.8) is 0 Å². The van der Waals surface area contributed by atoms with Crippen molar-refractivity contribution in [1.29, 1.82) is 0 Å². The molecular weight excluding hydrogens is 438 g/mol. The molecule has 0 aliphatic rings. The van der Waals surface area contributed by atoms with E-state index in [2.05, 4.69) is 48.9 Å². The van der Waals surface area contributed by atoms with Crippen molar-refractivity contribution in [2.45, 2.75) is 45.7 Å². The normalized spacial score (nSPS) is 11.4. The molecule has 4 rings (SSSR count). The second kappa shape index (κ2) is 10.6. The predicted molar refractivity (Wildman–Crippen MR) is 139 cm³/mol. The maximum Gasteiger partial charge on any atom is 0.255 e. The van der Waals surface area contributed by atoms with Crippen molar-refractivity contribution in [2.24, 2.45) is 0 Å². The van der Waals surface area contributed by atoms with Crippen molar-refractivity contribution < 1.29 is 14.3 Å². The number of fused-ring (bicyclic) bond motifs is 1. The van der Waals surface area contributed by atoms with Gasteiger partial charge in [0.1, 0.15) is 17.3 Å². The van der Waals surface area contributed by atoms with Crippen LogP contribution in [0.15, 0.2) is 72.8 Å². The lowest BCUT2D eigenvalue weighted by molar-refractivity contribution is 0.0946. The highest BCUT2D eigenvalue weighted by molar-refractivity contribution is 5.96. The van der Waals surface area contributed by atoms with Crippen LogP contribution in [-0.4, -0.2) is 29.2 Å². The van der Waals surface area contributed by atoms with Gasteiger partial charge in [-0.15, -0.1) is 0 Å². The monoisotopic (exact) mass is 471 g/mol. The number of aromatic nitrogens is 2. The largest absolute Gasteiger partial charge is 0.496 e. The van der Waals surface area contributed by atoms with Gasteiger partial charge in [-0.3, -0.25) is 4.79 Å². The fourth-order valence-electron chi connectivity index (χ4n) is 4.06. The average molecular weight is 472 g/mol. The summed E-state index contributed by atoms with van der Waals surface area (Å²) >= 11 is 0. The number of imidazole rings is 1. The molecule has 0 unspecified atom stereocenters. The number of aryl methyl sites for hydroxylation is 1. The molecule has 1 N–H and O–H groups in total. The molecule has 182 valence electrons. The van der Waals surface area contributed by atoms with E-state index in [0.29, 0.717) is 24.5 Å². The van der Waals surface area contributed by atoms with Gasteiger partial charge in [-0.1, -0.05) is 57.2 Å². The fraction of sp³-hybridized carbons (Fsp3) is 0.310. The molecule has 0 spiro atoms. The first-order valence-corrected chi connectivity index (χ1v) is 12.0. The summed E-state index contributed by atoms with van der Waals surface area (Å²) in [6.07, 6.45) is 0.814. The highest BCUT2D eigenvalue weighted by Gasteiger charge is 2.15. The summed E-state index contributed by atoms with van der Waals surface area (Å²) in [6, 6.07) is 23.5. The van der Waals surface area contributed by atoms with E-state index in [0.717, 1.165) is 35.6 Å². The zero-order valence-corrected chi connectivity index (χ0v) is 20.9. The maximum atomic E-state index is 12.8. The Labute approximate surface area is 206 Å². The van der Waals surface area contributed by atoms with E-state index in [1.165, 1.54) is 5.56 Å². The molecule has 6 nitrogen and oxygen atoms in total. The van der Waals surface area contributed by atoms with Crippen LogP contribution in [0.5, 0.6) is 11.5 Å². The molecule has 1 amide bonds. The maximum absolute atomic E-state index is 12.8. The van der Waals surface area contributed by atoms with Gasteiger partial charge >= 0.3 is 0 Å². The molecule has 0 saturated heterocycles. The molecule has 1 aromatic heterocycles. The Kier molecular flexibility index (Phi) is 7.39. The highest BCUT2D eigenvalue weighted by atomic mass is 16.5. The number of methoxy groups -OCH3 is 1. The van der Waals surface area contributed by atoms with Crippen LogP contribution in [0.4, 0.5) is 0 Å². The third kappa shape index (κ3) is 5.83. The lowest BCUT2D eigenvalue weighted by atomic mass is 9.87. The first-order valence-electron chi connectivity index (χ1n) is 12.0. The molecule has 3 aromatic carbocycles. The number of rotatable bonds is 9. The molecule has 35 heavy (non-hydrogen) atoms. The Balaban J connectivity index is 1.41. The summed E-state index contributed by atoms with van der Waals surface area (Å²) < 4.78 is 13.5. The van der Waals surface area contributed by atoms with Gasteiger partial charge in [0, 0.05) is 6.54 Å². The van der Waals surface area contributed by atoms with Gasteiger partial charge in [0.05, 0.1) is 36.9 Å². The Hall–Kier alpha value is -3.80. The van der Waals surface area contributed by atoms with Crippen molar-refractivity contribution in [3.8, 4) is 11.5 Å². The van der Waals surface area contributed by atoms with Crippen molar-refractivity contribution in [2.75, 3.05) is 13.7 Å². The Morgan fingerprint density at radius 2 is 1.69 bits per heavy atom. The van der Waals surface area contributed by atoms with E-state index in [4.69, 9.17) is 14.5 Å². The van der Waals surface area contributed by atoms with E-state index in [-0.39, 0.29) is 11.3 Å². The van der Waals surface area contributed by atoms with Gasteiger partial charge in [0.2, 0.25) is 0 Å². The van der Waals surface area contributed by atoms with Crippen LogP contribution < -0.4 is 14.8 Å². The molecule has 0 radical (unpaired) electrons. The van der Waals surface area contributed by atoms with E-state index in [1.54, 1.807) is 19.2 Å². The zero-order valence-electron chi connectivity index (χ0n) is 20.9. The Morgan fingerprint density at radius 1 is 0.971 bits per heavy atom. The summed E-state index contributed by atoms with van der Waals surface area (Å²) in [6.45, 7) is 8.26. The van der Waals surface area contributed by atoms with Gasteiger partial charge in [-0.25, -0.2) is 4.98 Å². The lowest BCUT2D eigenvalue weighted by Crippen LogP contribution is -2.25. The second-order valence-corrected chi connectivity index (χ2v) is 9.53. The number of hydrogen-bond donors (Lipinski definition) is 1. The number of para-hydroxylation sites is 3. The molecule has 0 fully saturated rings. The van der Waals surface area contributed by atoms with Crippen LogP contribution >= 0.6 is 0 Å². The number of carbonyl (C=O) groups is 1. The van der Waals surface area contributed by atoms with Crippen LogP contribution in [0, 0.1) is 0 Å². The molecular formula is C29H33N3O3. The van der Waals surface area contributed by atoms with E-state index in [9.17, 15) is 4.79 Å². The standard InChI is InChI=1S/C29H33N3O3/c1-29(2,3)21-14-16-22(17-15-21)35-19-9-18-32-25-12-7-6-11-24(25)31-27(32)20-30-28(33)23-10-5-8-13-26(23)34-4/h5-8,10-17H,9,18-20H2,1-4H3,(H,30,33). The number of nitrogens with zero attached hydrogens (tertiary/aromatic N) is 2. The van der Waals surface area contributed by atoms with E-state index >= 15 is 0 Å². The highest BCUT2D eigenvalue weighted by Crippen LogP contribution is 2.24. The SMILES string of the molecule is COc1ccccc1C(=O)NCc1nc2ccccc2n1CCCOc1ccc(C(C)(C)C)cc1. The summed E-state index contributed by atoms with van der Waals surface area (Å²) in [5.41, 5.74) is 3.87. The molecule has 0 aliphatic heterocycles. The molecule has 1 heterocycles. The number of nitrogens with one attached hydrogen (secondary N) is 1. The minimum absolute atomic E-state index is 0.123. The number of ether oxygens (including phenoxy) is 2. The summed E-state index contributed by atoms with van der Waals surface area (Å²) in [4.78, 5) is 17.5. The number of amides is 1. The van der Waals surface area contributed by atoms with Crippen molar-refractivity contribution in [3.05, 3.63) is 89.7 Å². The number of carbonyl (C=O) groups excluding carboxylic acids is 1. The van der Waals surface area contributed by atoms with Crippen LogP contribution in [0.25, 0.3) is 11.0 Å². The molecule has 0 atom stereocenters. The smallest absolute Gasteiger partial charge is 0.255 e. The van der Waals surface area contributed by atoms with Crippen molar-refractivity contribution >= 4 is 16.9 Å². The molecule has 0 aliphatic carbocycles. The first-order chi connectivity index (χ1) is 16.9. The van der Waals surface area contributed by atoms with Crippen LogP contribution in [0.2, 0.25) is 0 Å². The van der Waals surface area contributed by atoms with Gasteiger partial charge in [0.15, 0.2) is 0 Å². The summed E-state index contributed by atoms with van der Waals surface area (Å²) in [5.74, 6) is 2.04. The minimum Gasteiger partial charge on any atom is -0.496 e. The topological polar surface area (TPSA) is 65.4 Å². The average Bonchev–Trinajstić information content (AvgIpc) is 3.22. The van der Waals surface area contributed by atoms with Gasteiger partial charge < -0.3 is 19.4 Å². The second-order valence-electron chi connectivity index (χ2n) is 9.53. The first kappa shape index (κ1) is 24.3. The third-order valence-electron chi connectivity index (χ3n) is 6.01. The van der Waals surface area contributed by atoms with Crippen LogP contribution in [0.3, 0.4) is 0 Å². The van der Waals surface area contributed by atoms with Crippen LogP contribution in [-0.2, 0) is 18.5 Å². The van der Waals surface area contributed by atoms with E-state index in [1.807, 2.05) is 42.5 Å². The van der Waals surface area contributed by atoms with Gasteiger partial charge in [-0.05, 0) is 53.8 Å². The minimum atomic E-state index is -0.192. The Morgan fingerprint density at radius 3 is 2.43 bits per heavy atom. The molecule has 0 bridgehead atoms. The fourth-order valence-corrected chi connectivity index (χ4v) is 4.06. The zero-order chi connectivity index (χ0) is 24.8. The molecule has 4 aromatic rings. The predicted octanol–water partition coefficient (Wildman–Crippen LogP) is 5.74. The summed E-state index contributed by atoms with van der Waals surface area (Å²) in [5, 5.41) is 2.99. The summed E-state index contributed by atoms with van der Waals surface area (Å²) in [7, 11) is 1.56. The lowest BCUT2D eigenvalue weighted by Gasteiger charge is -2.19. The molecule has 0 saturated carbocycles. The van der Waals surface area contributed by atoms with Gasteiger partial charge in [0.25, 0.3) is 5.91 Å². The third-order valence-corrected chi connectivity index (χ3v) is 6.01. The Bertz CT molecular complexity index is 1290. The molecule has 6 heteroatoms. The number of hydrogen-bond acceptors (Lipinski definition) is 4. The van der Waals surface area contributed by atoms with Gasteiger partial charge in [-0.2, -0.15) is 0 Å². The van der Waals surface area contributed by atoms with Crippen LogP contribution in [0.1, 0.15) is 48.9 Å².